The number of rotatable bonds is 3. The van der Waals surface area contributed by atoms with E-state index >= 15 is 0 Å². The summed E-state index contributed by atoms with van der Waals surface area (Å²) in [6, 6.07) is 0.280. The van der Waals surface area contributed by atoms with Crippen molar-refractivity contribution in [3.63, 3.8) is 0 Å². The normalized spacial score (nSPS) is 22.2. The first-order valence-corrected chi connectivity index (χ1v) is 8.39. The molecule has 0 saturated heterocycles. The second-order valence-corrected chi connectivity index (χ2v) is 7.84. The third-order valence-corrected chi connectivity index (χ3v) is 4.96. The summed E-state index contributed by atoms with van der Waals surface area (Å²) in [7, 11) is 1.45. The predicted octanol–water partition coefficient (Wildman–Crippen LogP) is 2.84. The van der Waals surface area contributed by atoms with Crippen molar-refractivity contribution in [2.24, 2.45) is 5.92 Å². The molecule has 6 nitrogen and oxygen atoms in total. The SMILES string of the molecule is COC(=O)[C@H]1CC[C@@H](Nc2nn3cc(C(C)(C)C)nc3s2)C1. The van der Waals surface area contributed by atoms with Crippen LogP contribution < -0.4 is 5.32 Å². The van der Waals surface area contributed by atoms with Gasteiger partial charge in [-0.25, -0.2) is 9.50 Å². The fraction of sp³-hybridized carbons (Fsp3) is 0.667. The van der Waals surface area contributed by atoms with E-state index in [1.807, 2.05) is 10.7 Å². The number of hydrogen-bond donors (Lipinski definition) is 1. The summed E-state index contributed by atoms with van der Waals surface area (Å²) in [5.41, 5.74) is 1.07. The van der Waals surface area contributed by atoms with Gasteiger partial charge in [-0.15, -0.1) is 5.10 Å². The van der Waals surface area contributed by atoms with Crippen LogP contribution in [0.15, 0.2) is 6.20 Å². The van der Waals surface area contributed by atoms with Crippen molar-refractivity contribution < 1.29 is 9.53 Å². The van der Waals surface area contributed by atoms with Crippen molar-refractivity contribution in [2.75, 3.05) is 12.4 Å². The van der Waals surface area contributed by atoms with Gasteiger partial charge >= 0.3 is 5.97 Å². The lowest BCUT2D eigenvalue weighted by molar-refractivity contribution is -0.145. The Kier molecular flexibility index (Phi) is 3.84. The highest BCUT2D eigenvalue weighted by Gasteiger charge is 2.31. The van der Waals surface area contributed by atoms with E-state index in [1.54, 1.807) is 11.3 Å². The molecule has 0 aliphatic heterocycles. The number of carbonyl (C=O) groups is 1. The lowest BCUT2D eigenvalue weighted by atomic mass is 9.93. The van der Waals surface area contributed by atoms with Crippen molar-refractivity contribution in [3.8, 4) is 0 Å². The van der Waals surface area contributed by atoms with Gasteiger partial charge < -0.3 is 10.1 Å². The van der Waals surface area contributed by atoms with E-state index < -0.39 is 0 Å². The fourth-order valence-electron chi connectivity index (χ4n) is 2.79. The van der Waals surface area contributed by atoms with E-state index in [0.29, 0.717) is 0 Å². The van der Waals surface area contributed by atoms with Crippen LogP contribution >= 0.6 is 11.3 Å². The zero-order chi connectivity index (χ0) is 15.9. The summed E-state index contributed by atoms with van der Waals surface area (Å²) in [6.45, 7) is 6.43. The number of esters is 1. The lowest BCUT2D eigenvalue weighted by Crippen LogP contribution is -2.18. The molecule has 1 fully saturated rings. The van der Waals surface area contributed by atoms with Crippen LogP contribution in [0.3, 0.4) is 0 Å². The van der Waals surface area contributed by atoms with Crippen molar-refractivity contribution >= 4 is 27.4 Å². The van der Waals surface area contributed by atoms with Gasteiger partial charge in [0.25, 0.3) is 0 Å². The van der Waals surface area contributed by atoms with Crippen LogP contribution in [-0.4, -0.2) is 33.7 Å². The Morgan fingerprint density at radius 1 is 1.45 bits per heavy atom. The molecule has 2 aromatic heterocycles. The van der Waals surface area contributed by atoms with Gasteiger partial charge in [-0.2, -0.15) is 0 Å². The van der Waals surface area contributed by atoms with Gasteiger partial charge in [-0.05, 0) is 19.3 Å². The number of nitrogens with zero attached hydrogens (tertiary/aromatic N) is 3. The average molecular weight is 322 g/mol. The number of ether oxygens (including phenoxy) is 1. The van der Waals surface area contributed by atoms with Gasteiger partial charge in [0, 0.05) is 11.5 Å². The first kappa shape index (κ1) is 15.3. The Labute approximate surface area is 133 Å². The minimum atomic E-state index is -0.104. The zero-order valence-corrected chi connectivity index (χ0v) is 14.2. The minimum Gasteiger partial charge on any atom is -0.469 e. The molecule has 0 amide bonds. The van der Waals surface area contributed by atoms with Crippen LogP contribution in [0.5, 0.6) is 0 Å². The highest BCUT2D eigenvalue weighted by molar-refractivity contribution is 7.20. The third kappa shape index (κ3) is 2.95. The number of methoxy groups -OCH3 is 1. The Balaban J connectivity index is 1.68. The number of nitrogens with one attached hydrogen (secondary N) is 1. The topological polar surface area (TPSA) is 68.5 Å². The zero-order valence-electron chi connectivity index (χ0n) is 13.4. The molecule has 0 spiro atoms. The van der Waals surface area contributed by atoms with Gasteiger partial charge in [-0.3, -0.25) is 4.79 Å². The van der Waals surface area contributed by atoms with Gasteiger partial charge in [-0.1, -0.05) is 32.1 Å². The van der Waals surface area contributed by atoms with Crippen molar-refractivity contribution in [3.05, 3.63) is 11.9 Å². The van der Waals surface area contributed by atoms with Gasteiger partial charge in [0.1, 0.15) is 0 Å². The minimum absolute atomic E-state index is 0.0130. The number of fused-ring (bicyclic) bond motifs is 1. The summed E-state index contributed by atoms with van der Waals surface area (Å²) < 4.78 is 6.65. The quantitative estimate of drug-likeness (QED) is 0.880. The molecule has 1 N–H and O–H groups in total. The molecule has 3 rings (SSSR count). The van der Waals surface area contributed by atoms with E-state index in [0.717, 1.165) is 35.0 Å². The lowest BCUT2D eigenvalue weighted by Gasteiger charge is -2.13. The number of aromatic nitrogens is 3. The van der Waals surface area contributed by atoms with Crippen LogP contribution in [0, 0.1) is 5.92 Å². The smallest absolute Gasteiger partial charge is 0.308 e. The molecule has 2 heterocycles. The number of imidazole rings is 1. The Morgan fingerprint density at radius 2 is 2.23 bits per heavy atom. The first-order valence-electron chi connectivity index (χ1n) is 7.58. The van der Waals surface area contributed by atoms with Crippen molar-refractivity contribution in [1.29, 1.82) is 0 Å². The summed E-state index contributed by atoms with van der Waals surface area (Å²) in [5, 5.41) is 8.83. The second kappa shape index (κ2) is 5.53. The van der Waals surface area contributed by atoms with Gasteiger partial charge in [0.2, 0.25) is 10.1 Å². The third-order valence-electron chi connectivity index (χ3n) is 4.11. The maximum absolute atomic E-state index is 11.6. The van der Waals surface area contributed by atoms with Crippen molar-refractivity contribution in [2.45, 2.75) is 51.5 Å². The second-order valence-electron chi connectivity index (χ2n) is 6.88. The molecule has 0 bridgehead atoms. The Hall–Kier alpha value is -1.63. The average Bonchev–Trinajstić information content (AvgIpc) is 3.11. The molecule has 2 aromatic rings. The van der Waals surface area contributed by atoms with Gasteiger partial charge in [0.05, 0.1) is 24.9 Å². The molecule has 0 unspecified atom stereocenters. The van der Waals surface area contributed by atoms with E-state index in [9.17, 15) is 4.79 Å². The fourth-order valence-corrected chi connectivity index (χ4v) is 3.65. The number of anilines is 1. The van der Waals surface area contributed by atoms with Crippen LogP contribution in [-0.2, 0) is 14.9 Å². The molecule has 120 valence electrons. The molecular formula is C15H22N4O2S. The van der Waals surface area contributed by atoms with E-state index in [2.05, 4.69) is 36.2 Å². The molecule has 22 heavy (non-hydrogen) atoms. The molecule has 1 saturated carbocycles. The highest BCUT2D eigenvalue weighted by atomic mass is 32.1. The predicted molar refractivity (Wildman–Crippen MR) is 86.3 cm³/mol. The maximum atomic E-state index is 11.6. The molecule has 7 heteroatoms. The van der Waals surface area contributed by atoms with Crippen LogP contribution in [0.2, 0.25) is 0 Å². The van der Waals surface area contributed by atoms with Crippen LogP contribution in [0.4, 0.5) is 5.13 Å². The van der Waals surface area contributed by atoms with E-state index in [4.69, 9.17) is 4.74 Å². The number of hydrogen-bond acceptors (Lipinski definition) is 6. The first-order chi connectivity index (χ1) is 10.4. The molecule has 0 radical (unpaired) electrons. The largest absolute Gasteiger partial charge is 0.469 e. The molecule has 1 aliphatic rings. The van der Waals surface area contributed by atoms with Gasteiger partial charge in [0.15, 0.2) is 0 Å². The summed E-state index contributed by atoms with van der Waals surface area (Å²) in [5.74, 6) is -0.0906. The van der Waals surface area contributed by atoms with E-state index in [-0.39, 0.29) is 23.3 Å². The molecule has 0 aromatic carbocycles. The van der Waals surface area contributed by atoms with E-state index in [1.165, 1.54) is 7.11 Å². The monoisotopic (exact) mass is 322 g/mol. The maximum Gasteiger partial charge on any atom is 0.308 e. The Bertz CT molecular complexity index is 654. The molecule has 1 aliphatic carbocycles. The van der Waals surface area contributed by atoms with Crippen LogP contribution in [0.1, 0.15) is 45.7 Å². The highest BCUT2D eigenvalue weighted by Crippen LogP contribution is 2.31. The standard InChI is InChI=1S/C15H22N4O2S/c1-15(2,3)11-8-19-14(17-11)22-13(18-19)16-10-6-5-9(7-10)12(20)21-4/h8-10H,5-7H2,1-4H3,(H,16,18)/t9-,10+/m0/s1. The van der Waals surface area contributed by atoms with Crippen molar-refractivity contribution in [1.82, 2.24) is 14.6 Å². The Morgan fingerprint density at radius 3 is 2.86 bits per heavy atom. The molecule has 2 atom stereocenters. The van der Waals surface area contributed by atoms with Crippen LogP contribution in [0.25, 0.3) is 4.96 Å². The molecular weight excluding hydrogens is 300 g/mol. The number of carbonyl (C=O) groups excluding carboxylic acids is 1. The summed E-state index contributed by atoms with van der Waals surface area (Å²) in [4.78, 5) is 17.1. The summed E-state index contributed by atoms with van der Waals surface area (Å²) >= 11 is 1.55. The summed E-state index contributed by atoms with van der Waals surface area (Å²) in [6.07, 6.45) is 4.64.